The monoisotopic (exact) mass is 411 g/mol. The van der Waals surface area contributed by atoms with Crippen LogP contribution < -0.4 is 5.32 Å². The van der Waals surface area contributed by atoms with Crippen LogP contribution >= 0.6 is 0 Å². The Morgan fingerprint density at radius 2 is 1.87 bits per heavy atom. The van der Waals surface area contributed by atoms with Crippen molar-refractivity contribution >= 4 is 28.5 Å². The summed E-state index contributed by atoms with van der Waals surface area (Å²) in [6.07, 6.45) is 0.488. The van der Waals surface area contributed by atoms with E-state index in [0.29, 0.717) is 33.6 Å². The van der Waals surface area contributed by atoms with Crippen molar-refractivity contribution < 1.29 is 18.7 Å². The lowest BCUT2D eigenvalue weighted by atomic mass is 10.1. The number of carbonyl (C=O) groups excluding carboxylic acids is 2. The Balaban J connectivity index is 1.56. The summed E-state index contributed by atoms with van der Waals surface area (Å²) in [6, 6.07) is 20.7. The van der Waals surface area contributed by atoms with E-state index in [0.717, 1.165) is 0 Å². The second-order valence-corrected chi connectivity index (χ2v) is 6.78. The molecule has 0 aliphatic carbocycles. The molecule has 0 saturated heterocycles. The zero-order chi connectivity index (χ0) is 21.8. The largest absolute Gasteiger partial charge is 0.463 e. The van der Waals surface area contributed by atoms with Gasteiger partial charge in [0.1, 0.15) is 5.69 Å². The third-order valence-corrected chi connectivity index (χ3v) is 4.64. The fraction of sp³-hybridized carbons (Fsp3) is 0.0833. The molecule has 31 heavy (non-hydrogen) atoms. The van der Waals surface area contributed by atoms with Crippen molar-refractivity contribution in [1.29, 1.82) is 5.26 Å². The number of fused-ring (bicyclic) bond motifs is 1. The zero-order valence-corrected chi connectivity index (χ0v) is 16.5. The lowest BCUT2D eigenvalue weighted by Crippen LogP contribution is -2.30. The summed E-state index contributed by atoms with van der Waals surface area (Å²) in [5, 5.41) is 12.1. The third-order valence-electron chi connectivity index (χ3n) is 4.64. The Morgan fingerprint density at radius 3 is 2.58 bits per heavy atom. The highest BCUT2D eigenvalue weighted by molar-refractivity contribution is 6.05. The quantitative estimate of drug-likeness (QED) is 0.483. The van der Waals surface area contributed by atoms with Crippen LogP contribution in [-0.2, 0) is 9.53 Å². The maximum Gasteiger partial charge on any atom is 0.339 e. The summed E-state index contributed by atoms with van der Waals surface area (Å²) in [5.74, 6) is -0.608. The Labute approximate surface area is 177 Å². The van der Waals surface area contributed by atoms with Crippen molar-refractivity contribution in [3.05, 3.63) is 84.1 Å². The van der Waals surface area contributed by atoms with Crippen LogP contribution in [-0.4, -0.2) is 23.0 Å². The molecule has 1 atom stereocenters. The first kappa shape index (κ1) is 19.9. The number of amides is 1. The van der Waals surface area contributed by atoms with E-state index in [1.807, 2.05) is 12.1 Å². The third kappa shape index (κ3) is 4.28. The first-order chi connectivity index (χ1) is 15.0. The number of nitriles is 1. The van der Waals surface area contributed by atoms with Gasteiger partial charge in [0.25, 0.3) is 5.91 Å². The number of pyridine rings is 1. The maximum atomic E-state index is 12.9. The molecule has 2 aromatic carbocycles. The van der Waals surface area contributed by atoms with Gasteiger partial charge in [0, 0.05) is 11.1 Å². The van der Waals surface area contributed by atoms with Crippen molar-refractivity contribution in [2.45, 2.75) is 13.0 Å². The van der Waals surface area contributed by atoms with Gasteiger partial charge in [0.15, 0.2) is 11.9 Å². The summed E-state index contributed by atoms with van der Waals surface area (Å²) < 4.78 is 10.8. The summed E-state index contributed by atoms with van der Waals surface area (Å²) >= 11 is 0. The minimum absolute atomic E-state index is 0.287. The first-order valence-corrected chi connectivity index (χ1v) is 9.51. The van der Waals surface area contributed by atoms with E-state index in [2.05, 4.69) is 10.3 Å². The molecule has 0 radical (unpaired) electrons. The lowest BCUT2D eigenvalue weighted by Gasteiger charge is -2.15. The highest BCUT2D eigenvalue weighted by Gasteiger charge is 2.22. The zero-order valence-electron chi connectivity index (χ0n) is 16.5. The van der Waals surface area contributed by atoms with Crippen molar-refractivity contribution in [3.8, 4) is 17.5 Å². The normalized spacial score (nSPS) is 11.5. The summed E-state index contributed by atoms with van der Waals surface area (Å²) in [5.41, 5.74) is 2.37. The van der Waals surface area contributed by atoms with Gasteiger partial charge in [-0.05, 0) is 55.5 Å². The number of carbonyl (C=O) groups is 2. The second kappa shape index (κ2) is 8.51. The standard InChI is InChI=1S/C24H17N3O4/c1-15(23(28)26-17-10-8-16(14-25)9-11-17)31-24(29)19-13-21(22-7-4-12-30-22)27-20-6-3-2-5-18(19)20/h2-13,15H,1H3,(H,26,28)/t15-/m0/s1. The van der Waals surface area contributed by atoms with E-state index >= 15 is 0 Å². The number of hydrogen-bond acceptors (Lipinski definition) is 6. The molecule has 0 saturated carbocycles. The number of hydrogen-bond donors (Lipinski definition) is 1. The molecule has 7 nitrogen and oxygen atoms in total. The molecule has 0 spiro atoms. The highest BCUT2D eigenvalue weighted by Crippen LogP contribution is 2.26. The smallest absolute Gasteiger partial charge is 0.339 e. The number of ether oxygens (including phenoxy) is 1. The molecule has 0 bridgehead atoms. The van der Waals surface area contributed by atoms with Crippen molar-refractivity contribution in [3.63, 3.8) is 0 Å². The number of nitrogens with zero attached hydrogens (tertiary/aromatic N) is 2. The second-order valence-electron chi connectivity index (χ2n) is 6.78. The van der Waals surface area contributed by atoms with E-state index in [4.69, 9.17) is 14.4 Å². The molecule has 0 fully saturated rings. The highest BCUT2D eigenvalue weighted by atomic mass is 16.5. The minimum Gasteiger partial charge on any atom is -0.463 e. The van der Waals surface area contributed by atoms with E-state index in [-0.39, 0.29) is 5.56 Å². The average molecular weight is 411 g/mol. The molecule has 2 aromatic heterocycles. The predicted octanol–water partition coefficient (Wildman–Crippen LogP) is 4.55. The maximum absolute atomic E-state index is 12.9. The van der Waals surface area contributed by atoms with Crippen LogP contribution in [0.3, 0.4) is 0 Å². The van der Waals surface area contributed by atoms with Crippen LogP contribution in [0.25, 0.3) is 22.4 Å². The Kier molecular flexibility index (Phi) is 5.45. The molecule has 0 aliphatic rings. The number of esters is 1. The van der Waals surface area contributed by atoms with Gasteiger partial charge in [-0.15, -0.1) is 0 Å². The minimum atomic E-state index is -1.04. The molecule has 4 rings (SSSR count). The number of rotatable bonds is 5. The number of aromatic nitrogens is 1. The fourth-order valence-corrected chi connectivity index (χ4v) is 3.04. The molecule has 4 aromatic rings. The number of anilines is 1. The first-order valence-electron chi connectivity index (χ1n) is 9.51. The molecule has 2 heterocycles. The van der Waals surface area contributed by atoms with Crippen LogP contribution in [0, 0.1) is 11.3 Å². The number of benzene rings is 2. The summed E-state index contributed by atoms with van der Waals surface area (Å²) in [4.78, 5) is 29.9. The molecule has 7 heteroatoms. The van der Waals surface area contributed by atoms with Gasteiger partial charge in [-0.2, -0.15) is 5.26 Å². The summed E-state index contributed by atoms with van der Waals surface area (Å²) in [6.45, 7) is 1.49. The van der Waals surface area contributed by atoms with Crippen LogP contribution in [0.1, 0.15) is 22.8 Å². The van der Waals surface area contributed by atoms with Gasteiger partial charge in [-0.1, -0.05) is 18.2 Å². The van der Waals surface area contributed by atoms with Gasteiger partial charge in [-0.3, -0.25) is 4.79 Å². The van der Waals surface area contributed by atoms with Crippen LogP contribution in [0.2, 0.25) is 0 Å². The Bertz CT molecular complexity index is 1290. The summed E-state index contributed by atoms with van der Waals surface area (Å²) in [7, 11) is 0. The molecule has 152 valence electrons. The number of furan rings is 1. The van der Waals surface area contributed by atoms with Gasteiger partial charge in [0.05, 0.1) is 29.0 Å². The van der Waals surface area contributed by atoms with Crippen molar-refractivity contribution in [2.24, 2.45) is 0 Å². The molecule has 1 N–H and O–H groups in total. The average Bonchev–Trinajstić information content (AvgIpc) is 3.33. The van der Waals surface area contributed by atoms with E-state index in [9.17, 15) is 9.59 Å². The van der Waals surface area contributed by atoms with Gasteiger partial charge < -0.3 is 14.5 Å². The van der Waals surface area contributed by atoms with Crippen LogP contribution in [0.5, 0.6) is 0 Å². The SMILES string of the molecule is C[C@H](OC(=O)c1cc(-c2ccco2)nc2ccccc12)C(=O)Nc1ccc(C#N)cc1. The Hall–Kier alpha value is -4.44. The number of nitrogens with one attached hydrogen (secondary N) is 1. The van der Waals surface area contributed by atoms with Crippen molar-refractivity contribution in [1.82, 2.24) is 4.98 Å². The molecule has 1 amide bonds. The van der Waals surface area contributed by atoms with Crippen molar-refractivity contribution in [2.75, 3.05) is 5.32 Å². The molecular weight excluding hydrogens is 394 g/mol. The van der Waals surface area contributed by atoms with Gasteiger partial charge in [-0.25, -0.2) is 9.78 Å². The molecule has 0 unspecified atom stereocenters. The molecule has 0 aliphatic heterocycles. The number of para-hydroxylation sites is 1. The fourth-order valence-electron chi connectivity index (χ4n) is 3.04. The van der Waals surface area contributed by atoms with Crippen LogP contribution in [0.15, 0.2) is 77.4 Å². The molecular formula is C24H17N3O4. The predicted molar refractivity (Wildman–Crippen MR) is 114 cm³/mol. The van der Waals surface area contributed by atoms with E-state index in [1.165, 1.54) is 13.2 Å². The van der Waals surface area contributed by atoms with Gasteiger partial charge in [0.2, 0.25) is 0 Å². The topological polar surface area (TPSA) is 105 Å². The van der Waals surface area contributed by atoms with E-state index < -0.39 is 18.0 Å². The lowest BCUT2D eigenvalue weighted by molar-refractivity contribution is -0.123. The van der Waals surface area contributed by atoms with Crippen LogP contribution in [0.4, 0.5) is 5.69 Å². The Morgan fingerprint density at radius 1 is 1.10 bits per heavy atom. The van der Waals surface area contributed by atoms with Gasteiger partial charge >= 0.3 is 5.97 Å². The van der Waals surface area contributed by atoms with E-state index in [1.54, 1.807) is 60.7 Å².